The van der Waals surface area contributed by atoms with Crippen LogP contribution in [-0.2, 0) is 11.1 Å². The Morgan fingerprint density at radius 1 is 1.08 bits per heavy atom. The molecule has 0 spiro atoms. The Hall–Kier alpha value is -3.29. The molecule has 37 heavy (non-hydrogen) atoms. The summed E-state index contributed by atoms with van der Waals surface area (Å²) in [7, 11) is 3.42. The third-order valence-electron chi connectivity index (χ3n) is 7.01. The monoisotopic (exact) mass is 506 g/mol. The van der Waals surface area contributed by atoms with Crippen molar-refractivity contribution in [1.82, 2.24) is 10.3 Å². The van der Waals surface area contributed by atoms with Crippen molar-refractivity contribution in [2.75, 3.05) is 14.2 Å². The number of ketones is 1. The molecule has 1 aromatic heterocycles. The summed E-state index contributed by atoms with van der Waals surface area (Å²) in [4.78, 5) is 17.8. The summed E-state index contributed by atoms with van der Waals surface area (Å²) >= 11 is 0. The molecule has 1 saturated carbocycles. The van der Waals surface area contributed by atoms with Gasteiger partial charge in [-0.15, -0.1) is 0 Å². The summed E-state index contributed by atoms with van der Waals surface area (Å²) in [6.07, 6.45) is 2.58. The Bertz CT molecular complexity index is 1270. The molecule has 7 heteroatoms. The van der Waals surface area contributed by atoms with E-state index >= 15 is 0 Å². The number of methoxy groups -OCH3 is 1. The SMILES string of the molecule is CNC(C)(C)c1cc(-c2ccc(F)cc2)nc(C(C)(O)CCC(=O)c2ccc(OC3CC3)c(OC)c2)c1. The molecule has 4 rings (SSSR count). The third-order valence-corrected chi connectivity index (χ3v) is 7.01. The number of carbonyl (C=O) groups excluding carboxylic acids is 1. The quantitative estimate of drug-likeness (QED) is 0.322. The van der Waals surface area contributed by atoms with Crippen LogP contribution in [0.15, 0.2) is 54.6 Å². The Kier molecular flexibility index (Phi) is 7.67. The van der Waals surface area contributed by atoms with Crippen molar-refractivity contribution in [3.63, 3.8) is 0 Å². The van der Waals surface area contributed by atoms with Crippen LogP contribution in [0.4, 0.5) is 4.39 Å². The fraction of sp³-hybridized carbons (Fsp3) is 0.400. The lowest BCUT2D eigenvalue weighted by molar-refractivity contribution is 0.0396. The molecule has 0 bridgehead atoms. The molecule has 0 saturated heterocycles. The number of carbonyl (C=O) groups is 1. The highest BCUT2D eigenvalue weighted by molar-refractivity contribution is 5.96. The largest absolute Gasteiger partial charge is 0.493 e. The van der Waals surface area contributed by atoms with Crippen molar-refractivity contribution >= 4 is 5.78 Å². The van der Waals surface area contributed by atoms with E-state index in [4.69, 9.17) is 14.5 Å². The van der Waals surface area contributed by atoms with E-state index in [9.17, 15) is 14.3 Å². The molecule has 1 atom stereocenters. The second kappa shape index (κ2) is 10.6. The zero-order valence-electron chi connectivity index (χ0n) is 22.1. The standard InChI is InChI=1S/C30H35FN2O4/c1-29(2,32-4)21-17-24(19-6-9-22(31)10-7-19)33-28(18-21)30(3,35)15-14-25(34)20-8-13-26(27(16-20)36-5)37-23-11-12-23/h6-10,13,16-18,23,32,35H,11-12,14-15H2,1-5H3. The normalized spacial score (nSPS) is 15.2. The summed E-state index contributed by atoms with van der Waals surface area (Å²) in [5, 5.41) is 14.8. The molecule has 6 nitrogen and oxygen atoms in total. The van der Waals surface area contributed by atoms with E-state index in [1.807, 2.05) is 33.0 Å². The number of rotatable bonds is 11. The van der Waals surface area contributed by atoms with Gasteiger partial charge >= 0.3 is 0 Å². The van der Waals surface area contributed by atoms with Crippen LogP contribution >= 0.6 is 0 Å². The van der Waals surface area contributed by atoms with Crippen LogP contribution in [0.2, 0.25) is 0 Å². The molecule has 3 aromatic rings. The highest BCUT2D eigenvalue weighted by Gasteiger charge is 2.30. The van der Waals surface area contributed by atoms with Crippen LogP contribution in [0.25, 0.3) is 11.3 Å². The van der Waals surface area contributed by atoms with Gasteiger partial charge in [-0.05, 0) is 107 Å². The van der Waals surface area contributed by atoms with E-state index in [1.165, 1.54) is 12.1 Å². The Morgan fingerprint density at radius 3 is 2.41 bits per heavy atom. The maximum atomic E-state index is 13.5. The first-order valence-corrected chi connectivity index (χ1v) is 12.6. The molecule has 196 valence electrons. The van der Waals surface area contributed by atoms with Crippen LogP contribution in [0.1, 0.15) is 68.1 Å². The average Bonchev–Trinajstić information content (AvgIpc) is 3.71. The molecule has 2 N–H and O–H groups in total. The van der Waals surface area contributed by atoms with Crippen LogP contribution < -0.4 is 14.8 Å². The first-order valence-electron chi connectivity index (χ1n) is 12.6. The van der Waals surface area contributed by atoms with Gasteiger partial charge in [-0.2, -0.15) is 0 Å². The number of benzene rings is 2. The highest BCUT2D eigenvalue weighted by Crippen LogP contribution is 2.36. The third kappa shape index (κ3) is 6.35. The van der Waals surface area contributed by atoms with Crippen LogP contribution in [0.3, 0.4) is 0 Å². The number of pyridine rings is 1. The van der Waals surface area contributed by atoms with Gasteiger partial charge in [0.25, 0.3) is 0 Å². The molecule has 1 fully saturated rings. The molecule has 1 aliphatic rings. The Morgan fingerprint density at radius 2 is 1.78 bits per heavy atom. The van der Waals surface area contributed by atoms with Gasteiger partial charge in [-0.3, -0.25) is 4.79 Å². The highest BCUT2D eigenvalue weighted by atomic mass is 19.1. The summed E-state index contributed by atoms with van der Waals surface area (Å²) in [5.41, 5.74) is 1.46. The number of nitrogens with zero attached hydrogens (tertiary/aromatic N) is 1. The van der Waals surface area contributed by atoms with Gasteiger partial charge in [-0.1, -0.05) is 0 Å². The van der Waals surface area contributed by atoms with E-state index in [0.717, 1.165) is 24.0 Å². The molecule has 0 radical (unpaired) electrons. The van der Waals surface area contributed by atoms with Gasteiger partial charge in [0.05, 0.1) is 24.6 Å². The van der Waals surface area contributed by atoms with Crippen molar-refractivity contribution in [2.24, 2.45) is 0 Å². The maximum Gasteiger partial charge on any atom is 0.163 e. The van der Waals surface area contributed by atoms with Crippen LogP contribution in [0, 0.1) is 5.82 Å². The number of aromatic nitrogens is 1. The molecular weight excluding hydrogens is 471 g/mol. The zero-order valence-corrected chi connectivity index (χ0v) is 22.1. The lowest BCUT2D eigenvalue weighted by Crippen LogP contribution is -2.34. The molecule has 1 unspecified atom stereocenters. The smallest absolute Gasteiger partial charge is 0.163 e. The zero-order chi connectivity index (χ0) is 26.8. The predicted octanol–water partition coefficient (Wildman–Crippen LogP) is 5.76. The van der Waals surface area contributed by atoms with Crippen molar-refractivity contribution in [3.05, 3.63) is 77.2 Å². The molecule has 1 heterocycles. The van der Waals surface area contributed by atoms with Gasteiger partial charge in [-0.25, -0.2) is 9.37 Å². The first kappa shape index (κ1) is 26.8. The van der Waals surface area contributed by atoms with Gasteiger partial charge in [0, 0.05) is 23.1 Å². The van der Waals surface area contributed by atoms with Crippen LogP contribution in [0.5, 0.6) is 11.5 Å². The van der Waals surface area contributed by atoms with E-state index in [2.05, 4.69) is 5.32 Å². The minimum Gasteiger partial charge on any atom is -0.493 e. The number of aliphatic hydroxyl groups is 1. The summed E-state index contributed by atoms with van der Waals surface area (Å²) in [6, 6.07) is 15.1. The second-order valence-corrected chi connectivity index (χ2v) is 10.4. The second-order valence-electron chi connectivity index (χ2n) is 10.4. The van der Waals surface area contributed by atoms with Gasteiger partial charge in [0.2, 0.25) is 0 Å². The average molecular weight is 507 g/mol. The van der Waals surface area contributed by atoms with E-state index < -0.39 is 11.1 Å². The lowest BCUT2D eigenvalue weighted by Gasteiger charge is -2.29. The molecule has 0 amide bonds. The number of hydrogen-bond acceptors (Lipinski definition) is 6. The summed E-state index contributed by atoms with van der Waals surface area (Å²) in [5.74, 6) is 0.721. The topological polar surface area (TPSA) is 80.7 Å². The van der Waals surface area contributed by atoms with E-state index in [-0.39, 0.29) is 30.5 Å². The van der Waals surface area contributed by atoms with E-state index in [0.29, 0.717) is 28.5 Å². The number of halogens is 1. The van der Waals surface area contributed by atoms with E-state index in [1.54, 1.807) is 44.4 Å². The number of nitrogens with one attached hydrogen (secondary N) is 1. The first-order chi connectivity index (χ1) is 17.5. The summed E-state index contributed by atoms with van der Waals surface area (Å²) < 4.78 is 24.8. The van der Waals surface area contributed by atoms with Gasteiger partial charge in [0.1, 0.15) is 11.4 Å². The minimum absolute atomic E-state index is 0.109. The number of Topliss-reactive ketones (excluding diaryl/α,β-unsaturated/α-hetero) is 1. The lowest BCUT2D eigenvalue weighted by atomic mass is 9.87. The number of ether oxygens (including phenoxy) is 2. The Labute approximate surface area is 217 Å². The van der Waals surface area contributed by atoms with Crippen molar-refractivity contribution in [2.45, 2.75) is 63.7 Å². The van der Waals surface area contributed by atoms with Gasteiger partial charge in [0.15, 0.2) is 17.3 Å². The van der Waals surface area contributed by atoms with Crippen molar-refractivity contribution in [3.8, 4) is 22.8 Å². The predicted molar refractivity (Wildman–Crippen MR) is 141 cm³/mol. The molecule has 2 aromatic carbocycles. The fourth-order valence-electron chi connectivity index (χ4n) is 4.01. The fourth-order valence-corrected chi connectivity index (χ4v) is 4.01. The molecular formula is C30H35FN2O4. The van der Waals surface area contributed by atoms with Crippen molar-refractivity contribution in [1.29, 1.82) is 0 Å². The summed E-state index contributed by atoms with van der Waals surface area (Å²) in [6.45, 7) is 5.73. The maximum absolute atomic E-state index is 13.5. The molecule has 0 aliphatic heterocycles. The number of hydrogen-bond donors (Lipinski definition) is 2. The minimum atomic E-state index is -1.37. The Balaban J connectivity index is 1.57. The van der Waals surface area contributed by atoms with Gasteiger partial charge < -0.3 is 19.9 Å². The molecule has 1 aliphatic carbocycles. The van der Waals surface area contributed by atoms with Crippen LogP contribution in [-0.4, -0.2) is 36.1 Å². The van der Waals surface area contributed by atoms with Crippen molar-refractivity contribution < 1.29 is 23.8 Å².